The molecule has 1 aromatic carbocycles. The molecule has 0 bridgehead atoms. The van der Waals surface area contributed by atoms with E-state index in [9.17, 15) is 0 Å². The predicted octanol–water partition coefficient (Wildman–Crippen LogP) is 2.58. The largest absolute Gasteiger partial charge is 0.468 e. The summed E-state index contributed by atoms with van der Waals surface area (Å²) < 4.78 is 5.34. The molecule has 118 valence electrons. The van der Waals surface area contributed by atoms with Crippen molar-refractivity contribution < 1.29 is 4.42 Å². The molecular formula is C18H25N3O. The van der Waals surface area contributed by atoms with E-state index in [0.29, 0.717) is 6.04 Å². The van der Waals surface area contributed by atoms with Gasteiger partial charge in [0.05, 0.1) is 12.8 Å². The standard InChI is InChI=1S/C18H25N3O/c1-16(14-19-15-18-8-5-13-22-18)20-9-11-21(12-10-20)17-6-3-2-4-7-17/h2-8,13,16,19H,9-12,14-15H2,1H3. The number of anilines is 1. The lowest BCUT2D eigenvalue weighted by molar-refractivity contribution is 0.192. The minimum absolute atomic E-state index is 0.549. The molecule has 0 radical (unpaired) electrons. The Bertz CT molecular complexity index is 533. The summed E-state index contributed by atoms with van der Waals surface area (Å²) in [5.41, 5.74) is 1.34. The van der Waals surface area contributed by atoms with Crippen LogP contribution in [0.5, 0.6) is 0 Å². The van der Waals surface area contributed by atoms with Crippen LogP contribution < -0.4 is 10.2 Å². The molecule has 1 aromatic heterocycles. The molecule has 22 heavy (non-hydrogen) atoms. The molecule has 1 N–H and O–H groups in total. The van der Waals surface area contributed by atoms with Gasteiger partial charge in [-0.2, -0.15) is 0 Å². The van der Waals surface area contributed by atoms with Gasteiger partial charge in [0.25, 0.3) is 0 Å². The fourth-order valence-corrected chi connectivity index (χ4v) is 3.01. The van der Waals surface area contributed by atoms with Crippen molar-refractivity contribution in [2.24, 2.45) is 0 Å². The Morgan fingerprint density at radius 1 is 1.05 bits per heavy atom. The molecule has 0 aliphatic carbocycles. The lowest BCUT2D eigenvalue weighted by Crippen LogP contribution is -2.51. The summed E-state index contributed by atoms with van der Waals surface area (Å²) in [4.78, 5) is 5.04. The maximum absolute atomic E-state index is 5.34. The van der Waals surface area contributed by atoms with E-state index in [1.54, 1.807) is 6.26 Å². The molecule has 0 saturated carbocycles. The first kappa shape index (κ1) is 15.1. The summed E-state index contributed by atoms with van der Waals surface area (Å²) in [6.07, 6.45) is 1.73. The second kappa shape index (κ2) is 7.47. The quantitative estimate of drug-likeness (QED) is 0.888. The molecule has 1 saturated heterocycles. The van der Waals surface area contributed by atoms with Crippen LogP contribution in [0.15, 0.2) is 53.1 Å². The number of hydrogen-bond acceptors (Lipinski definition) is 4. The van der Waals surface area contributed by atoms with Crippen LogP contribution >= 0.6 is 0 Å². The lowest BCUT2D eigenvalue weighted by atomic mass is 10.2. The first-order chi connectivity index (χ1) is 10.8. The molecule has 4 nitrogen and oxygen atoms in total. The van der Waals surface area contributed by atoms with Gasteiger partial charge in [-0.15, -0.1) is 0 Å². The van der Waals surface area contributed by atoms with E-state index < -0.39 is 0 Å². The number of furan rings is 1. The van der Waals surface area contributed by atoms with Crippen LogP contribution in [0.3, 0.4) is 0 Å². The van der Waals surface area contributed by atoms with E-state index >= 15 is 0 Å². The van der Waals surface area contributed by atoms with Crippen molar-refractivity contribution in [3.05, 3.63) is 54.5 Å². The number of rotatable bonds is 6. The minimum Gasteiger partial charge on any atom is -0.468 e. The Labute approximate surface area is 132 Å². The first-order valence-electron chi connectivity index (χ1n) is 8.10. The number of nitrogens with zero attached hydrogens (tertiary/aromatic N) is 2. The van der Waals surface area contributed by atoms with Gasteiger partial charge in [-0.25, -0.2) is 0 Å². The Kier molecular flexibility index (Phi) is 5.14. The molecule has 4 heteroatoms. The van der Waals surface area contributed by atoms with Crippen LogP contribution in [0.25, 0.3) is 0 Å². The first-order valence-corrected chi connectivity index (χ1v) is 8.10. The minimum atomic E-state index is 0.549. The second-order valence-electron chi connectivity index (χ2n) is 5.92. The van der Waals surface area contributed by atoms with Crippen LogP contribution in [0, 0.1) is 0 Å². The monoisotopic (exact) mass is 299 g/mol. The van der Waals surface area contributed by atoms with Crippen LogP contribution in [-0.4, -0.2) is 43.7 Å². The van der Waals surface area contributed by atoms with Gasteiger partial charge in [0.1, 0.15) is 5.76 Å². The zero-order valence-corrected chi connectivity index (χ0v) is 13.2. The van der Waals surface area contributed by atoms with Gasteiger partial charge in [0, 0.05) is 44.5 Å². The third-order valence-electron chi connectivity index (χ3n) is 4.38. The van der Waals surface area contributed by atoms with Crippen LogP contribution in [0.4, 0.5) is 5.69 Å². The number of hydrogen-bond donors (Lipinski definition) is 1. The summed E-state index contributed by atoms with van der Waals surface area (Å²) in [5.74, 6) is 1.00. The van der Waals surface area contributed by atoms with Gasteiger partial charge < -0.3 is 14.6 Å². The van der Waals surface area contributed by atoms with Crippen molar-refractivity contribution in [1.82, 2.24) is 10.2 Å². The van der Waals surface area contributed by atoms with Gasteiger partial charge in [0.15, 0.2) is 0 Å². The third-order valence-corrected chi connectivity index (χ3v) is 4.38. The summed E-state index contributed by atoms with van der Waals surface area (Å²) in [7, 11) is 0. The highest BCUT2D eigenvalue weighted by Gasteiger charge is 2.20. The van der Waals surface area contributed by atoms with Crippen molar-refractivity contribution >= 4 is 5.69 Å². The highest BCUT2D eigenvalue weighted by molar-refractivity contribution is 5.46. The number of nitrogens with one attached hydrogen (secondary N) is 1. The summed E-state index contributed by atoms with van der Waals surface area (Å²) in [6, 6.07) is 15.2. The smallest absolute Gasteiger partial charge is 0.117 e. The molecule has 0 amide bonds. The van der Waals surface area contributed by atoms with Crippen molar-refractivity contribution in [2.75, 3.05) is 37.6 Å². The van der Waals surface area contributed by atoms with E-state index in [0.717, 1.165) is 45.0 Å². The average Bonchev–Trinajstić information content (AvgIpc) is 3.09. The topological polar surface area (TPSA) is 31.7 Å². The summed E-state index contributed by atoms with van der Waals surface area (Å²) in [6.45, 7) is 8.55. The Morgan fingerprint density at radius 3 is 2.50 bits per heavy atom. The molecule has 1 aliphatic rings. The average molecular weight is 299 g/mol. The van der Waals surface area contributed by atoms with E-state index in [-0.39, 0.29) is 0 Å². The maximum Gasteiger partial charge on any atom is 0.117 e. The molecular weight excluding hydrogens is 274 g/mol. The van der Waals surface area contributed by atoms with Gasteiger partial charge in [-0.3, -0.25) is 4.90 Å². The fourth-order valence-electron chi connectivity index (χ4n) is 3.01. The van der Waals surface area contributed by atoms with Crippen molar-refractivity contribution in [1.29, 1.82) is 0 Å². The molecule has 3 rings (SSSR count). The number of para-hydroxylation sites is 1. The molecule has 0 spiro atoms. The zero-order valence-electron chi connectivity index (χ0n) is 13.2. The van der Waals surface area contributed by atoms with E-state index in [1.165, 1.54) is 5.69 Å². The second-order valence-corrected chi connectivity index (χ2v) is 5.92. The van der Waals surface area contributed by atoms with Gasteiger partial charge in [0.2, 0.25) is 0 Å². The SMILES string of the molecule is CC(CNCc1ccco1)N1CCN(c2ccccc2)CC1. The lowest BCUT2D eigenvalue weighted by Gasteiger charge is -2.39. The molecule has 1 fully saturated rings. The normalized spacial score (nSPS) is 17.6. The van der Waals surface area contributed by atoms with E-state index in [2.05, 4.69) is 52.4 Å². The number of piperazine rings is 1. The zero-order chi connectivity index (χ0) is 15.2. The Balaban J connectivity index is 1.41. The Morgan fingerprint density at radius 2 is 1.82 bits per heavy atom. The maximum atomic E-state index is 5.34. The van der Waals surface area contributed by atoms with Crippen molar-refractivity contribution in [2.45, 2.75) is 19.5 Å². The summed E-state index contributed by atoms with van der Waals surface area (Å²) >= 11 is 0. The van der Waals surface area contributed by atoms with Crippen LogP contribution in [-0.2, 0) is 6.54 Å². The molecule has 1 atom stereocenters. The van der Waals surface area contributed by atoms with Gasteiger partial charge >= 0.3 is 0 Å². The van der Waals surface area contributed by atoms with Gasteiger partial charge in [-0.05, 0) is 31.2 Å². The van der Waals surface area contributed by atoms with Crippen LogP contribution in [0.2, 0.25) is 0 Å². The van der Waals surface area contributed by atoms with Crippen molar-refractivity contribution in [3.63, 3.8) is 0 Å². The van der Waals surface area contributed by atoms with Crippen LogP contribution in [0.1, 0.15) is 12.7 Å². The van der Waals surface area contributed by atoms with Gasteiger partial charge in [-0.1, -0.05) is 18.2 Å². The molecule has 1 aliphatic heterocycles. The fraction of sp³-hybridized carbons (Fsp3) is 0.444. The Hall–Kier alpha value is -1.78. The van der Waals surface area contributed by atoms with E-state index in [4.69, 9.17) is 4.42 Å². The molecule has 2 heterocycles. The highest BCUT2D eigenvalue weighted by atomic mass is 16.3. The van der Waals surface area contributed by atoms with E-state index in [1.807, 2.05) is 12.1 Å². The molecule has 2 aromatic rings. The number of benzene rings is 1. The molecule has 1 unspecified atom stereocenters. The van der Waals surface area contributed by atoms with Crippen molar-refractivity contribution in [3.8, 4) is 0 Å². The highest BCUT2D eigenvalue weighted by Crippen LogP contribution is 2.16. The predicted molar refractivity (Wildman–Crippen MR) is 90.1 cm³/mol. The third kappa shape index (κ3) is 3.90. The summed E-state index contributed by atoms with van der Waals surface area (Å²) in [5, 5.41) is 3.48.